The molecule has 1 aliphatic heterocycles. The maximum Gasteiger partial charge on any atom is 0.307 e. The highest BCUT2D eigenvalue weighted by molar-refractivity contribution is 7.99. The van der Waals surface area contributed by atoms with Gasteiger partial charge in [-0.2, -0.15) is 0 Å². The molecule has 0 aliphatic carbocycles. The second kappa shape index (κ2) is 8.07. The molecule has 162 valence electrons. The average Bonchev–Trinajstić information content (AvgIpc) is 3.28. The molecule has 2 aromatic heterocycles. The summed E-state index contributed by atoms with van der Waals surface area (Å²) in [6.07, 6.45) is 1.94. The molecule has 4 aromatic rings. The number of hydrogen-bond donors (Lipinski definition) is 3. The molecule has 6 nitrogen and oxygen atoms in total. The lowest BCUT2D eigenvalue weighted by Gasteiger charge is -2.14. The Morgan fingerprint density at radius 1 is 1.12 bits per heavy atom. The predicted molar refractivity (Wildman–Crippen MR) is 130 cm³/mol. The summed E-state index contributed by atoms with van der Waals surface area (Å²) >= 11 is 8.08. The molecule has 1 unspecified atom stereocenters. The molecular formula is C24H21ClN4O2S. The Morgan fingerprint density at radius 2 is 1.91 bits per heavy atom. The number of aromatic nitrogens is 2. The number of pyridine rings is 1. The summed E-state index contributed by atoms with van der Waals surface area (Å²) in [7, 11) is 0. The fourth-order valence-electron chi connectivity index (χ4n) is 4.38. The summed E-state index contributed by atoms with van der Waals surface area (Å²) < 4.78 is 2.16. The van der Waals surface area contributed by atoms with Crippen LogP contribution in [0.2, 0.25) is 5.02 Å². The summed E-state index contributed by atoms with van der Waals surface area (Å²) in [5.41, 5.74) is 16.6. The number of carboxylic acid groups (broad SMARTS) is 1. The average molecular weight is 465 g/mol. The number of benzene rings is 2. The van der Waals surface area contributed by atoms with Gasteiger partial charge in [0.2, 0.25) is 0 Å². The van der Waals surface area contributed by atoms with Gasteiger partial charge in [0.25, 0.3) is 0 Å². The molecule has 0 saturated heterocycles. The molecule has 0 bridgehead atoms. The fraction of sp³-hybridized carbons (Fsp3) is 0.167. The van der Waals surface area contributed by atoms with Crippen LogP contribution in [0.25, 0.3) is 22.0 Å². The van der Waals surface area contributed by atoms with Gasteiger partial charge in [-0.15, -0.1) is 11.8 Å². The first kappa shape index (κ1) is 20.7. The Morgan fingerprint density at radius 3 is 2.66 bits per heavy atom. The van der Waals surface area contributed by atoms with E-state index in [9.17, 15) is 9.90 Å². The number of thioether (sulfide) groups is 1. The zero-order chi connectivity index (χ0) is 22.4. The van der Waals surface area contributed by atoms with Crippen molar-refractivity contribution in [2.75, 3.05) is 17.2 Å². The van der Waals surface area contributed by atoms with E-state index in [2.05, 4.69) is 21.7 Å². The third kappa shape index (κ3) is 3.89. The molecule has 1 atom stereocenters. The van der Waals surface area contributed by atoms with Gasteiger partial charge in [0, 0.05) is 45.2 Å². The standard InChI is InChI=1S/C24H21ClN4O2S/c25-17-2-4-21-19(9-17)16(12-32-21)11-29-10-15(8-24(30)31)18-3-1-13(5-20(18)29)14-6-22(26)28-23(27)7-14/h1-7,9-10,16H,8,11-12H2,(H,30,31)(H4,26,27,28). The number of halogens is 1. The lowest BCUT2D eigenvalue weighted by atomic mass is 10.0. The number of carboxylic acids is 1. The summed E-state index contributed by atoms with van der Waals surface area (Å²) in [6, 6.07) is 15.6. The van der Waals surface area contributed by atoms with E-state index in [4.69, 9.17) is 23.1 Å². The molecule has 5 rings (SSSR count). The molecule has 3 heterocycles. The van der Waals surface area contributed by atoms with E-state index in [0.717, 1.165) is 44.9 Å². The molecular weight excluding hydrogens is 444 g/mol. The number of nitrogen functional groups attached to an aromatic ring is 2. The third-order valence-corrected chi connectivity index (χ3v) is 7.26. The largest absolute Gasteiger partial charge is 0.481 e. The van der Waals surface area contributed by atoms with Gasteiger partial charge in [-0.05, 0) is 58.7 Å². The van der Waals surface area contributed by atoms with E-state index in [0.29, 0.717) is 11.6 Å². The van der Waals surface area contributed by atoms with Crippen molar-refractivity contribution in [3.05, 3.63) is 70.9 Å². The SMILES string of the molecule is Nc1cc(-c2ccc3c(CC(=O)O)cn(CC4CSc5ccc(Cl)cc54)c3c2)cc(N)n1. The van der Waals surface area contributed by atoms with Crippen LogP contribution < -0.4 is 11.5 Å². The molecule has 0 radical (unpaired) electrons. The highest BCUT2D eigenvalue weighted by Gasteiger charge is 2.25. The van der Waals surface area contributed by atoms with Crippen LogP contribution in [0.15, 0.2) is 59.6 Å². The third-order valence-electron chi connectivity index (χ3n) is 5.77. The number of nitrogens with two attached hydrogens (primary N) is 2. The molecule has 0 spiro atoms. The van der Waals surface area contributed by atoms with Crippen molar-refractivity contribution in [2.24, 2.45) is 0 Å². The molecule has 2 aromatic carbocycles. The van der Waals surface area contributed by atoms with E-state index in [1.54, 1.807) is 12.1 Å². The van der Waals surface area contributed by atoms with Crippen LogP contribution in [0.1, 0.15) is 17.0 Å². The quantitative estimate of drug-likeness (QED) is 0.382. The van der Waals surface area contributed by atoms with E-state index in [1.807, 2.05) is 42.2 Å². The Kier molecular flexibility index (Phi) is 5.23. The van der Waals surface area contributed by atoms with Crippen LogP contribution in [0, 0.1) is 0 Å². The summed E-state index contributed by atoms with van der Waals surface area (Å²) in [6.45, 7) is 0.737. The minimum Gasteiger partial charge on any atom is -0.481 e. The Balaban J connectivity index is 1.60. The van der Waals surface area contributed by atoms with Gasteiger partial charge in [-0.3, -0.25) is 4.79 Å². The molecule has 1 aliphatic rings. The molecule has 32 heavy (non-hydrogen) atoms. The number of anilines is 2. The number of rotatable bonds is 5. The monoisotopic (exact) mass is 464 g/mol. The zero-order valence-electron chi connectivity index (χ0n) is 17.1. The number of aliphatic carboxylic acids is 1. The van der Waals surface area contributed by atoms with Gasteiger partial charge in [0.1, 0.15) is 11.6 Å². The van der Waals surface area contributed by atoms with E-state index < -0.39 is 5.97 Å². The lowest BCUT2D eigenvalue weighted by molar-refractivity contribution is -0.136. The van der Waals surface area contributed by atoms with Crippen LogP contribution in [0.4, 0.5) is 11.6 Å². The van der Waals surface area contributed by atoms with Crippen LogP contribution in [-0.4, -0.2) is 26.4 Å². The number of hydrogen-bond acceptors (Lipinski definition) is 5. The van der Waals surface area contributed by atoms with Gasteiger partial charge >= 0.3 is 5.97 Å². The fourth-order valence-corrected chi connectivity index (χ4v) is 5.78. The van der Waals surface area contributed by atoms with E-state index in [-0.39, 0.29) is 12.3 Å². The maximum atomic E-state index is 11.5. The minimum absolute atomic E-state index is 0.0279. The van der Waals surface area contributed by atoms with Gasteiger partial charge in [-0.1, -0.05) is 23.7 Å². The maximum absolute atomic E-state index is 11.5. The Hall–Kier alpha value is -3.16. The Bertz CT molecular complexity index is 1350. The number of carbonyl (C=O) groups is 1. The first-order chi connectivity index (χ1) is 15.4. The minimum atomic E-state index is -0.851. The van der Waals surface area contributed by atoms with Gasteiger partial charge in [-0.25, -0.2) is 4.98 Å². The Labute approximate surface area is 194 Å². The summed E-state index contributed by atoms with van der Waals surface area (Å²) in [5, 5.41) is 11.1. The van der Waals surface area contributed by atoms with Crippen LogP contribution >= 0.6 is 23.4 Å². The second-order valence-corrected chi connectivity index (χ2v) is 9.50. The predicted octanol–water partition coefficient (Wildman–Crippen LogP) is 5.04. The lowest BCUT2D eigenvalue weighted by Crippen LogP contribution is -2.08. The second-order valence-electron chi connectivity index (χ2n) is 8.00. The van der Waals surface area contributed by atoms with Crippen molar-refractivity contribution >= 4 is 51.9 Å². The molecule has 8 heteroatoms. The summed E-state index contributed by atoms with van der Waals surface area (Å²) in [5.74, 6) is 1.12. The highest BCUT2D eigenvalue weighted by Crippen LogP contribution is 2.42. The number of fused-ring (bicyclic) bond motifs is 2. The first-order valence-corrected chi connectivity index (χ1v) is 11.5. The molecule has 0 amide bonds. The first-order valence-electron chi connectivity index (χ1n) is 10.2. The van der Waals surface area contributed by atoms with E-state index in [1.165, 1.54) is 10.5 Å². The van der Waals surface area contributed by atoms with Crippen molar-refractivity contribution in [2.45, 2.75) is 23.8 Å². The molecule has 0 saturated carbocycles. The zero-order valence-corrected chi connectivity index (χ0v) is 18.7. The van der Waals surface area contributed by atoms with Crippen molar-refractivity contribution in [3.8, 4) is 11.1 Å². The van der Waals surface area contributed by atoms with Crippen molar-refractivity contribution in [1.29, 1.82) is 0 Å². The van der Waals surface area contributed by atoms with Crippen LogP contribution in [-0.2, 0) is 17.8 Å². The van der Waals surface area contributed by atoms with Gasteiger partial charge in [0.05, 0.1) is 6.42 Å². The molecule has 0 fully saturated rings. The van der Waals surface area contributed by atoms with Crippen molar-refractivity contribution in [3.63, 3.8) is 0 Å². The number of nitrogens with zero attached hydrogens (tertiary/aromatic N) is 2. The van der Waals surface area contributed by atoms with Crippen molar-refractivity contribution < 1.29 is 9.90 Å². The van der Waals surface area contributed by atoms with Crippen molar-refractivity contribution in [1.82, 2.24) is 9.55 Å². The van der Waals surface area contributed by atoms with Crippen LogP contribution in [0.5, 0.6) is 0 Å². The smallest absolute Gasteiger partial charge is 0.307 e. The van der Waals surface area contributed by atoms with Crippen LogP contribution in [0.3, 0.4) is 0 Å². The van der Waals surface area contributed by atoms with Gasteiger partial charge < -0.3 is 21.1 Å². The normalized spacial score (nSPS) is 15.2. The van der Waals surface area contributed by atoms with Gasteiger partial charge in [0.15, 0.2) is 0 Å². The summed E-state index contributed by atoms with van der Waals surface area (Å²) in [4.78, 5) is 16.8. The highest BCUT2D eigenvalue weighted by atomic mass is 35.5. The van der Waals surface area contributed by atoms with E-state index >= 15 is 0 Å². The molecule has 5 N–H and O–H groups in total. The topological polar surface area (TPSA) is 107 Å².